The largest absolute Gasteiger partial charge is 0.375 e. The first-order chi connectivity index (χ1) is 7.63. The van der Waals surface area contributed by atoms with Crippen LogP contribution in [-0.4, -0.2) is 25.4 Å². The number of hydrogen-bond donors (Lipinski definition) is 1. The van der Waals surface area contributed by atoms with Crippen LogP contribution in [0.3, 0.4) is 0 Å². The summed E-state index contributed by atoms with van der Waals surface area (Å²) in [5, 5.41) is 0.640. The van der Waals surface area contributed by atoms with Crippen molar-refractivity contribution in [2.24, 2.45) is 5.73 Å². The van der Waals surface area contributed by atoms with Crippen molar-refractivity contribution < 1.29 is 0 Å². The highest BCUT2D eigenvalue weighted by Gasteiger charge is 2.01. The topological polar surface area (TPSA) is 29.3 Å². The summed E-state index contributed by atoms with van der Waals surface area (Å²) in [7, 11) is 2.11. The molecule has 1 aromatic rings. The Labute approximate surface area is 103 Å². The van der Waals surface area contributed by atoms with E-state index in [2.05, 4.69) is 50.1 Å². The molecular weight excluding hydrogens is 216 g/mol. The van der Waals surface area contributed by atoms with E-state index in [1.165, 1.54) is 10.6 Å². The number of hydrogen-bond acceptors (Lipinski definition) is 3. The van der Waals surface area contributed by atoms with Crippen molar-refractivity contribution in [1.29, 1.82) is 0 Å². The minimum absolute atomic E-state index is 0.640. The maximum absolute atomic E-state index is 5.50. The number of rotatable bonds is 6. The maximum Gasteiger partial charge on any atom is 0.0364 e. The van der Waals surface area contributed by atoms with Gasteiger partial charge in [-0.05, 0) is 37.2 Å². The van der Waals surface area contributed by atoms with Gasteiger partial charge in [-0.3, -0.25) is 0 Å². The normalized spacial score (nSPS) is 10.8. The lowest BCUT2D eigenvalue weighted by Gasteiger charge is -2.19. The van der Waals surface area contributed by atoms with Crippen LogP contribution >= 0.6 is 11.8 Å². The molecule has 90 valence electrons. The van der Waals surface area contributed by atoms with Gasteiger partial charge in [0.2, 0.25) is 0 Å². The van der Waals surface area contributed by atoms with Crippen molar-refractivity contribution in [3.63, 3.8) is 0 Å². The molecule has 0 aliphatic rings. The van der Waals surface area contributed by atoms with E-state index in [0.29, 0.717) is 5.25 Å². The van der Waals surface area contributed by atoms with Gasteiger partial charge in [0.15, 0.2) is 0 Å². The summed E-state index contributed by atoms with van der Waals surface area (Å²) in [5.74, 6) is 0. The Kier molecular flexibility index (Phi) is 5.71. The zero-order valence-corrected chi connectivity index (χ0v) is 11.3. The van der Waals surface area contributed by atoms with Crippen LogP contribution in [0.25, 0.3) is 0 Å². The predicted octanol–water partition coefficient (Wildman–Crippen LogP) is 2.97. The minimum atomic E-state index is 0.640. The monoisotopic (exact) mass is 238 g/mol. The summed E-state index contributed by atoms with van der Waals surface area (Å²) in [6.07, 6.45) is 1.04. The van der Waals surface area contributed by atoms with Crippen LogP contribution in [0.5, 0.6) is 0 Å². The molecule has 0 bridgehead atoms. The Morgan fingerprint density at radius 2 is 1.88 bits per heavy atom. The molecule has 16 heavy (non-hydrogen) atoms. The first kappa shape index (κ1) is 13.4. The quantitative estimate of drug-likeness (QED) is 0.773. The van der Waals surface area contributed by atoms with Gasteiger partial charge in [-0.25, -0.2) is 0 Å². The molecule has 1 aromatic carbocycles. The fraction of sp³-hybridized carbons (Fsp3) is 0.538. The zero-order valence-electron chi connectivity index (χ0n) is 10.4. The van der Waals surface area contributed by atoms with Gasteiger partial charge in [0.25, 0.3) is 0 Å². The summed E-state index contributed by atoms with van der Waals surface area (Å²) >= 11 is 1.90. The van der Waals surface area contributed by atoms with Crippen molar-refractivity contribution in [2.45, 2.75) is 30.4 Å². The molecule has 0 atom stereocenters. The molecule has 0 aromatic heterocycles. The second-order valence-corrected chi connectivity index (χ2v) is 5.87. The predicted molar refractivity (Wildman–Crippen MR) is 74.4 cm³/mol. The van der Waals surface area contributed by atoms with Crippen LogP contribution in [0.4, 0.5) is 5.69 Å². The highest BCUT2D eigenvalue weighted by atomic mass is 32.2. The summed E-state index contributed by atoms with van der Waals surface area (Å²) in [6, 6.07) is 8.75. The fourth-order valence-corrected chi connectivity index (χ4v) is 2.35. The first-order valence-electron chi connectivity index (χ1n) is 5.81. The highest BCUT2D eigenvalue weighted by molar-refractivity contribution is 7.99. The Morgan fingerprint density at radius 1 is 1.25 bits per heavy atom. The van der Waals surface area contributed by atoms with Crippen molar-refractivity contribution in [3.05, 3.63) is 24.3 Å². The van der Waals surface area contributed by atoms with Crippen molar-refractivity contribution in [3.8, 4) is 0 Å². The van der Waals surface area contributed by atoms with Crippen molar-refractivity contribution in [2.75, 3.05) is 25.0 Å². The van der Waals surface area contributed by atoms with Gasteiger partial charge in [-0.2, -0.15) is 0 Å². The van der Waals surface area contributed by atoms with Gasteiger partial charge in [0.05, 0.1) is 0 Å². The van der Waals surface area contributed by atoms with Gasteiger partial charge >= 0.3 is 0 Å². The van der Waals surface area contributed by atoms with Crippen LogP contribution in [0.1, 0.15) is 20.3 Å². The molecule has 3 heteroatoms. The molecule has 1 rings (SSSR count). The molecule has 0 fully saturated rings. The standard InChI is InChI=1S/C13H22N2S/c1-11(2)16-13-7-5-12(6-8-13)15(3)10-4-9-14/h5-8,11H,4,9-10,14H2,1-3H3. The Balaban J connectivity index is 2.56. The number of anilines is 1. The third-order valence-corrected chi connectivity index (χ3v) is 3.36. The summed E-state index contributed by atoms with van der Waals surface area (Å²) < 4.78 is 0. The number of nitrogens with two attached hydrogens (primary N) is 1. The second-order valence-electron chi connectivity index (χ2n) is 4.22. The molecule has 0 spiro atoms. The molecule has 0 unspecified atom stereocenters. The van der Waals surface area contributed by atoms with Crippen LogP contribution in [-0.2, 0) is 0 Å². The number of thioether (sulfide) groups is 1. The van der Waals surface area contributed by atoms with E-state index in [4.69, 9.17) is 5.73 Å². The van der Waals surface area contributed by atoms with E-state index in [1.54, 1.807) is 0 Å². The van der Waals surface area contributed by atoms with E-state index in [-0.39, 0.29) is 0 Å². The van der Waals surface area contributed by atoms with Gasteiger partial charge in [-0.15, -0.1) is 11.8 Å². The fourth-order valence-electron chi connectivity index (χ4n) is 1.51. The number of nitrogens with zero attached hydrogens (tertiary/aromatic N) is 1. The second kappa shape index (κ2) is 6.81. The van der Waals surface area contributed by atoms with Gasteiger partial charge < -0.3 is 10.6 Å². The molecule has 0 radical (unpaired) electrons. The van der Waals surface area contributed by atoms with Crippen molar-refractivity contribution >= 4 is 17.4 Å². The molecule has 0 aliphatic carbocycles. The van der Waals surface area contributed by atoms with Crippen LogP contribution < -0.4 is 10.6 Å². The Bertz CT molecular complexity index is 295. The summed E-state index contributed by atoms with van der Waals surface area (Å²) in [4.78, 5) is 3.59. The van der Waals surface area contributed by atoms with Crippen molar-refractivity contribution in [1.82, 2.24) is 0 Å². The van der Waals surface area contributed by atoms with E-state index >= 15 is 0 Å². The van der Waals surface area contributed by atoms with Gasteiger partial charge in [0, 0.05) is 29.4 Å². The van der Waals surface area contributed by atoms with Crippen LogP contribution in [0, 0.1) is 0 Å². The minimum Gasteiger partial charge on any atom is -0.375 e. The van der Waals surface area contributed by atoms with Crippen LogP contribution in [0.15, 0.2) is 29.2 Å². The first-order valence-corrected chi connectivity index (χ1v) is 6.69. The van der Waals surface area contributed by atoms with E-state index in [9.17, 15) is 0 Å². The molecule has 0 saturated carbocycles. The average molecular weight is 238 g/mol. The van der Waals surface area contributed by atoms with E-state index in [1.807, 2.05) is 11.8 Å². The third kappa shape index (κ3) is 4.45. The lowest BCUT2D eigenvalue weighted by Crippen LogP contribution is -2.20. The molecule has 0 saturated heterocycles. The summed E-state index contributed by atoms with van der Waals surface area (Å²) in [6.45, 7) is 6.21. The molecule has 0 heterocycles. The SMILES string of the molecule is CC(C)Sc1ccc(N(C)CCCN)cc1. The third-order valence-electron chi connectivity index (χ3n) is 2.35. The molecule has 2 N–H and O–H groups in total. The molecule has 0 amide bonds. The lowest BCUT2D eigenvalue weighted by atomic mass is 10.3. The van der Waals surface area contributed by atoms with Gasteiger partial charge in [-0.1, -0.05) is 13.8 Å². The van der Waals surface area contributed by atoms with Gasteiger partial charge in [0.1, 0.15) is 0 Å². The zero-order chi connectivity index (χ0) is 12.0. The summed E-state index contributed by atoms with van der Waals surface area (Å²) in [5.41, 5.74) is 6.77. The molecular formula is C13H22N2S. The maximum atomic E-state index is 5.50. The average Bonchev–Trinajstić information content (AvgIpc) is 2.26. The van der Waals surface area contributed by atoms with E-state index in [0.717, 1.165) is 19.5 Å². The molecule has 0 aliphatic heterocycles. The van der Waals surface area contributed by atoms with E-state index < -0.39 is 0 Å². The molecule has 2 nitrogen and oxygen atoms in total. The number of benzene rings is 1. The smallest absolute Gasteiger partial charge is 0.0364 e. The highest BCUT2D eigenvalue weighted by Crippen LogP contribution is 2.25. The van der Waals surface area contributed by atoms with Crippen LogP contribution in [0.2, 0.25) is 0 Å². The Hall–Kier alpha value is -0.670. The lowest BCUT2D eigenvalue weighted by molar-refractivity contribution is 0.795. The Morgan fingerprint density at radius 3 is 2.38 bits per heavy atom.